The fourth-order valence-corrected chi connectivity index (χ4v) is 2.49. The SMILES string of the molecule is CC(O)c1nncn1Cc1ccccc1.c1ccc(-n2cccn2)cc1. The molecule has 0 saturated heterocycles. The highest BCUT2D eigenvalue weighted by Gasteiger charge is 2.09. The number of para-hydroxylation sites is 1. The normalized spacial score (nSPS) is 11.5. The predicted octanol–water partition coefficient (Wildman–Crippen LogP) is 3.25. The zero-order chi connectivity index (χ0) is 18.2. The smallest absolute Gasteiger partial charge is 0.161 e. The number of benzene rings is 2. The molecule has 2 aromatic heterocycles. The molecule has 1 N–H and O–H groups in total. The summed E-state index contributed by atoms with van der Waals surface area (Å²) in [6.07, 6.45) is 4.74. The van der Waals surface area contributed by atoms with E-state index in [9.17, 15) is 5.11 Å². The van der Waals surface area contributed by atoms with E-state index in [-0.39, 0.29) is 0 Å². The predicted molar refractivity (Wildman–Crippen MR) is 99.8 cm³/mol. The van der Waals surface area contributed by atoms with Gasteiger partial charge in [-0.05, 0) is 30.7 Å². The summed E-state index contributed by atoms with van der Waals surface area (Å²) in [4.78, 5) is 0. The molecule has 0 spiro atoms. The van der Waals surface area contributed by atoms with Gasteiger partial charge in [-0.15, -0.1) is 10.2 Å². The summed E-state index contributed by atoms with van der Waals surface area (Å²) in [5.41, 5.74) is 2.26. The first-order chi connectivity index (χ1) is 12.7. The van der Waals surface area contributed by atoms with Gasteiger partial charge in [0.15, 0.2) is 5.82 Å². The van der Waals surface area contributed by atoms with Gasteiger partial charge in [0.25, 0.3) is 0 Å². The van der Waals surface area contributed by atoms with Crippen LogP contribution in [0.4, 0.5) is 0 Å². The van der Waals surface area contributed by atoms with Crippen LogP contribution in [0.15, 0.2) is 85.5 Å². The molecule has 0 fully saturated rings. The van der Waals surface area contributed by atoms with Crippen molar-refractivity contribution in [3.05, 3.63) is 96.8 Å². The monoisotopic (exact) mass is 347 g/mol. The Labute approximate surface area is 152 Å². The van der Waals surface area contributed by atoms with Gasteiger partial charge in [-0.2, -0.15) is 5.10 Å². The molecule has 2 aromatic carbocycles. The average Bonchev–Trinajstić information content (AvgIpc) is 3.36. The summed E-state index contributed by atoms with van der Waals surface area (Å²) >= 11 is 0. The highest BCUT2D eigenvalue weighted by Crippen LogP contribution is 2.10. The number of aliphatic hydroxyl groups excluding tert-OH is 1. The van der Waals surface area contributed by atoms with Crippen LogP contribution >= 0.6 is 0 Å². The molecule has 4 rings (SSSR count). The molecule has 0 aliphatic rings. The van der Waals surface area contributed by atoms with E-state index >= 15 is 0 Å². The van der Waals surface area contributed by atoms with Gasteiger partial charge < -0.3 is 9.67 Å². The van der Waals surface area contributed by atoms with Gasteiger partial charge in [0, 0.05) is 12.4 Å². The first kappa shape index (κ1) is 17.6. The molecular weight excluding hydrogens is 326 g/mol. The van der Waals surface area contributed by atoms with Gasteiger partial charge in [-0.1, -0.05) is 48.5 Å². The molecule has 6 nitrogen and oxygen atoms in total. The van der Waals surface area contributed by atoms with Crippen molar-refractivity contribution < 1.29 is 5.11 Å². The summed E-state index contributed by atoms with van der Waals surface area (Å²) in [6, 6.07) is 22.0. The highest BCUT2D eigenvalue weighted by atomic mass is 16.3. The van der Waals surface area contributed by atoms with Crippen molar-refractivity contribution in [1.82, 2.24) is 24.5 Å². The Morgan fingerprint density at radius 1 is 0.962 bits per heavy atom. The number of hydrogen-bond donors (Lipinski definition) is 1. The van der Waals surface area contributed by atoms with E-state index in [1.165, 1.54) is 5.56 Å². The molecule has 6 heteroatoms. The van der Waals surface area contributed by atoms with Gasteiger partial charge in [-0.3, -0.25) is 0 Å². The van der Waals surface area contributed by atoms with Crippen molar-refractivity contribution in [2.75, 3.05) is 0 Å². The molecular formula is C20H21N5O. The van der Waals surface area contributed by atoms with Crippen LogP contribution in [0.5, 0.6) is 0 Å². The number of aliphatic hydroxyl groups is 1. The lowest BCUT2D eigenvalue weighted by Gasteiger charge is -2.07. The van der Waals surface area contributed by atoms with Crippen molar-refractivity contribution in [2.24, 2.45) is 0 Å². The Morgan fingerprint density at radius 3 is 2.27 bits per heavy atom. The Balaban J connectivity index is 0.000000158. The van der Waals surface area contributed by atoms with Crippen LogP contribution < -0.4 is 0 Å². The lowest BCUT2D eigenvalue weighted by Crippen LogP contribution is -2.06. The van der Waals surface area contributed by atoms with E-state index in [2.05, 4.69) is 15.3 Å². The molecule has 1 atom stereocenters. The Bertz CT molecular complexity index is 886. The fourth-order valence-electron chi connectivity index (χ4n) is 2.49. The largest absolute Gasteiger partial charge is 0.385 e. The number of rotatable bonds is 4. The van der Waals surface area contributed by atoms with Crippen molar-refractivity contribution >= 4 is 0 Å². The van der Waals surface area contributed by atoms with E-state index < -0.39 is 6.10 Å². The van der Waals surface area contributed by atoms with Crippen LogP contribution in [0.1, 0.15) is 24.4 Å². The topological polar surface area (TPSA) is 68.8 Å². The molecule has 26 heavy (non-hydrogen) atoms. The molecule has 0 bridgehead atoms. The summed E-state index contributed by atoms with van der Waals surface area (Å²) in [5, 5.41) is 21.2. The molecule has 2 heterocycles. The van der Waals surface area contributed by atoms with Crippen LogP contribution in [-0.2, 0) is 6.54 Å². The zero-order valence-corrected chi connectivity index (χ0v) is 14.6. The maximum absolute atomic E-state index is 9.45. The summed E-state index contributed by atoms with van der Waals surface area (Å²) < 4.78 is 3.68. The standard InChI is InChI=1S/C11H13N3O.C9H8N2/c1-9(15)11-13-12-8-14(11)7-10-5-3-2-4-6-10;1-2-5-9(6-3-1)11-8-4-7-10-11/h2-6,8-9,15H,7H2,1H3;1-8H. The lowest BCUT2D eigenvalue weighted by molar-refractivity contribution is 0.184. The average molecular weight is 347 g/mol. The first-order valence-corrected chi connectivity index (χ1v) is 8.39. The second kappa shape index (κ2) is 8.73. The minimum Gasteiger partial charge on any atom is -0.385 e. The molecule has 0 saturated carbocycles. The van der Waals surface area contributed by atoms with E-state index in [1.54, 1.807) is 19.4 Å². The fraction of sp³-hybridized carbons (Fsp3) is 0.150. The van der Waals surface area contributed by atoms with Gasteiger partial charge in [-0.25, -0.2) is 4.68 Å². The second-order valence-corrected chi connectivity index (χ2v) is 5.76. The van der Waals surface area contributed by atoms with Gasteiger partial charge in [0.2, 0.25) is 0 Å². The molecule has 1 unspecified atom stereocenters. The molecule has 0 aliphatic carbocycles. The summed E-state index contributed by atoms with van der Waals surface area (Å²) in [6.45, 7) is 2.37. The van der Waals surface area contributed by atoms with Crippen LogP contribution in [-0.4, -0.2) is 29.7 Å². The van der Waals surface area contributed by atoms with Crippen LogP contribution in [0.25, 0.3) is 5.69 Å². The van der Waals surface area contributed by atoms with E-state index in [0.29, 0.717) is 12.4 Å². The van der Waals surface area contributed by atoms with Crippen molar-refractivity contribution in [3.8, 4) is 5.69 Å². The van der Waals surface area contributed by atoms with Gasteiger partial charge in [0.1, 0.15) is 12.4 Å². The van der Waals surface area contributed by atoms with E-state index in [1.807, 2.05) is 82.2 Å². The van der Waals surface area contributed by atoms with Crippen molar-refractivity contribution in [1.29, 1.82) is 0 Å². The Morgan fingerprint density at radius 2 is 1.65 bits per heavy atom. The third-order valence-electron chi connectivity index (χ3n) is 3.74. The van der Waals surface area contributed by atoms with Crippen molar-refractivity contribution in [3.63, 3.8) is 0 Å². The molecule has 4 aromatic rings. The quantitative estimate of drug-likeness (QED) is 0.615. The minimum absolute atomic E-state index is 0.587. The van der Waals surface area contributed by atoms with Crippen molar-refractivity contribution in [2.45, 2.75) is 19.6 Å². The molecule has 0 radical (unpaired) electrons. The Kier molecular flexibility index (Phi) is 5.90. The summed E-state index contributed by atoms with van der Waals surface area (Å²) in [5.74, 6) is 0.596. The second-order valence-electron chi connectivity index (χ2n) is 5.76. The van der Waals surface area contributed by atoms with E-state index in [0.717, 1.165) is 5.69 Å². The minimum atomic E-state index is -0.587. The lowest BCUT2D eigenvalue weighted by atomic mass is 10.2. The van der Waals surface area contributed by atoms with Gasteiger partial charge >= 0.3 is 0 Å². The van der Waals surface area contributed by atoms with Crippen LogP contribution in [0, 0.1) is 0 Å². The molecule has 0 aliphatic heterocycles. The Hall–Kier alpha value is -3.25. The van der Waals surface area contributed by atoms with Gasteiger partial charge in [0.05, 0.1) is 12.2 Å². The summed E-state index contributed by atoms with van der Waals surface area (Å²) in [7, 11) is 0. The van der Waals surface area contributed by atoms with E-state index in [4.69, 9.17) is 0 Å². The number of hydrogen-bond acceptors (Lipinski definition) is 4. The molecule has 0 amide bonds. The number of aromatic nitrogens is 5. The zero-order valence-electron chi connectivity index (χ0n) is 14.6. The number of nitrogens with zero attached hydrogens (tertiary/aromatic N) is 5. The third-order valence-corrected chi connectivity index (χ3v) is 3.74. The van der Waals surface area contributed by atoms with Crippen LogP contribution in [0.2, 0.25) is 0 Å². The van der Waals surface area contributed by atoms with Crippen LogP contribution in [0.3, 0.4) is 0 Å². The first-order valence-electron chi connectivity index (χ1n) is 8.39. The highest BCUT2D eigenvalue weighted by molar-refractivity contribution is 5.29. The maximum Gasteiger partial charge on any atom is 0.161 e. The maximum atomic E-state index is 9.45. The third kappa shape index (κ3) is 4.64. The molecule has 132 valence electrons.